The molecule has 21 heavy (non-hydrogen) atoms. The van der Waals surface area contributed by atoms with Gasteiger partial charge in [-0.1, -0.05) is 42.5 Å². The van der Waals surface area contributed by atoms with Crippen LogP contribution in [0.5, 0.6) is 0 Å². The highest BCUT2D eigenvalue weighted by molar-refractivity contribution is 5.27. The van der Waals surface area contributed by atoms with E-state index >= 15 is 0 Å². The molecule has 1 aliphatic heterocycles. The van der Waals surface area contributed by atoms with Crippen molar-refractivity contribution in [3.63, 3.8) is 0 Å². The summed E-state index contributed by atoms with van der Waals surface area (Å²) in [5, 5.41) is 7.13. The van der Waals surface area contributed by atoms with Gasteiger partial charge in [0.1, 0.15) is 5.82 Å². The van der Waals surface area contributed by atoms with Gasteiger partial charge in [0.05, 0.1) is 0 Å². The molecule has 0 bridgehead atoms. The molecular formula is C18H21FN2. The first-order valence-electron chi connectivity index (χ1n) is 7.51. The maximum absolute atomic E-state index is 13.6. The number of benzene rings is 2. The van der Waals surface area contributed by atoms with E-state index in [9.17, 15) is 4.39 Å². The second kappa shape index (κ2) is 6.37. The monoisotopic (exact) mass is 284 g/mol. The van der Waals surface area contributed by atoms with Crippen molar-refractivity contribution in [2.45, 2.75) is 32.0 Å². The second-order valence-electron chi connectivity index (χ2n) is 5.64. The number of hydrogen-bond acceptors (Lipinski definition) is 2. The van der Waals surface area contributed by atoms with Crippen LogP contribution >= 0.6 is 0 Å². The van der Waals surface area contributed by atoms with Crippen LogP contribution in [0.15, 0.2) is 48.5 Å². The third-order valence-electron chi connectivity index (χ3n) is 4.32. The van der Waals surface area contributed by atoms with E-state index < -0.39 is 0 Å². The Balaban J connectivity index is 1.68. The van der Waals surface area contributed by atoms with Crippen molar-refractivity contribution in [3.8, 4) is 0 Å². The van der Waals surface area contributed by atoms with Crippen molar-refractivity contribution in [1.82, 2.24) is 10.6 Å². The van der Waals surface area contributed by atoms with Gasteiger partial charge in [0.25, 0.3) is 0 Å². The molecule has 2 atom stereocenters. The molecule has 0 aliphatic carbocycles. The van der Waals surface area contributed by atoms with Crippen LogP contribution in [0.1, 0.15) is 29.2 Å². The summed E-state index contributed by atoms with van der Waals surface area (Å²) in [6.07, 6.45) is 1.09. The Morgan fingerprint density at radius 3 is 2.76 bits per heavy atom. The Morgan fingerprint density at radius 1 is 1.14 bits per heavy atom. The first-order valence-corrected chi connectivity index (χ1v) is 7.51. The second-order valence-corrected chi connectivity index (χ2v) is 5.64. The van der Waals surface area contributed by atoms with Crippen LogP contribution in [0.2, 0.25) is 0 Å². The molecule has 0 amide bonds. The molecule has 3 rings (SSSR count). The molecule has 0 radical (unpaired) electrons. The molecule has 1 fully saturated rings. The predicted molar refractivity (Wildman–Crippen MR) is 83.6 cm³/mol. The van der Waals surface area contributed by atoms with Crippen molar-refractivity contribution in [2.24, 2.45) is 0 Å². The Morgan fingerprint density at radius 2 is 1.95 bits per heavy atom. The molecule has 1 saturated heterocycles. The van der Waals surface area contributed by atoms with E-state index in [1.807, 2.05) is 19.1 Å². The molecule has 0 aromatic heterocycles. The summed E-state index contributed by atoms with van der Waals surface area (Å²) in [5.41, 5.74) is 3.09. The Labute approximate surface area is 125 Å². The average molecular weight is 284 g/mol. The Bertz CT molecular complexity index is 597. The van der Waals surface area contributed by atoms with Crippen LogP contribution in [-0.2, 0) is 6.54 Å². The minimum absolute atomic E-state index is 0.126. The standard InChI is InChI=1S/C18H21FN2/c1-13-15(8-5-9-16(13)19)12-21-17-10-11-20-18(17)14-6-3-2-4-7-14/h2-9,17-18,20-21H,10-12H2,1H3/t17-,18-/m1/s1. The summed E-state index contributed by atoms with van der Waals surface area (Å²) in [6, 6.07) is 16.5. The lowest BCUT2D eigenvalue weighted by molar-refractivity contribution is 0.459. The summed E-state index contributed by atoms with van der Waals surface area (Å²) < 4.78 is 13.6. The van der Waals surface area contributed by atoms with Gasteiger partial charge in [-0.3, -0.25) is 0 Å². The van der Waals surface area contributed by atoms with Crippen molar-refractivity contribution in [1.29, 1.82) is 0 Å². The van der Waals surface area contributed by atoms with Gasteiger partial charge >= 0.3 is 0 Å². The van der Waals surface area contributed by atoms with Gasteiger partial charge in [0.15, 0.2) is 0 Å². The zero-order valence-electron chi connectivity index (χ0n) is 12.3. The van der Waals surface area contributed by atoms with Gasteiger partial charge in [-0.05, 0) is 42.6 Å². The van der Waals surface area contributed by atoms with E-state index in [1.165, 1.54) is 11.6 Å². The molecule has 2 aromatic carbocycles. The van der Waals surface area contributed by atoms with Crippen LogP contribution in [0, 0.1) is 12.7 Å². The highest BCUT2D eigenvalue weighted by Gasteiger charge is 2.27. The van der Waals surface area contributed by atoms with Crippen molar-refractivity contribution < 1.29 is 4.39 Å². The fourth-order valence-electron chi connectivity index (χ4n) is 3.02. The SMILES string of the molecule is Cc1c(F)cccc1CN[C@@H]1CCN[C@@H]1c1ccccc1. The van der Waals surface area contributed by atoms with Gasteiger partial charge in [0.2, 0.25) is 0 Å². The summed E-state index contributed by atoms with van der Waals surface area (Å²) in [7, 11) is 0. The lowest BCUT2D eigenvalue weighted by Gasteiger charge is -2.22. The largest absolute Gasteiger partial charge is 0.309 e. The third kappa shape index (κ3) is 3.14. The molecule has 0 saturated carbocycles. The molecular weight excluding hydrogens is 263 g/mol. The molecule has 110 valence electrons. The lowest BCUT2D eigenvalue weighted by atomic mass is 10.00. The van der Waals surface area contributed by atoms with E-state index in [4.69, 9.17) is 0 Å². The van der Waals surface area contributed by atoms with Crippen LogP contribution < -0.4 is 10.6 Å². The van der Waals surface area contributed by atoms with Crippen molar-refractivity contribution >= 4 is 0 Å². The molecule has 2 nitrogen and oxygen atoms in total. The highest BCUT2D eigenvalue weighted by Crippen LogP contribution is 2.24. The van der Waals surface area contributed by atoms with Crippen LogP contribution in [0.25, 0.3) is 0 Å². The molecule has 3 heteroatoms. The number of halogens is 1. The summed E-state index contributed by atoms with van der Waals surface area (Å²) in [4.78, 5) is 0. The normalized spacial score (nSPS) is 21.6. The lowest BCUT2D eigenvalue weighted by Crippen LogP contribution is -2.34. The molecule has 2 aromatic rings. The topological polar surface area (TPSA) is 24.1 Å². The van der Waals surface area contributed by atoms with Crippen LogP contribution in [0.3, 0.4) is 0 Å². The minimum atomic E-state index is -0.126. The first-order chi connectivity index (χ1) is 10.3. The Hall–Kier alpha value is -1.71. The molecule has 0 unspecified atom stereocenters. The zero-order chi connectivity index (χ0) is 14.7. The third-order valence-corrected chi connectivity index (χ3v) is 4.32. The van der Waals surface area contributed by atoms with Gasteiger partial charge in [-0.15, -0.1) is 0 Å². The fourth-order valence-corrected chi connectivity index (χ4v) is 3.02. The van der Waals surface area contributed by atoms with E-state index in [1.54, 1.807) is 6.07 Å². The van der Waals surface area contributed by atoms with E-state index in [-0.39, 0.29) is 5.82 Å². The van der Waals surface area contributed by atoms with Crippen LogP contribution in [-0.4, -0.2) is 12.6 Å². The summed E-state index contributed by atoms with van der Waals surface area (Å²) in [6.45, 7) is 3.56. The number of rotatable bonds is 4. The van der Waals surface area contributed by atoms with E-state index in [2.05, 4.69) is 34.9 Å². The van der Waals surface area contributed by atoms with E-state index in [0.29, 0.717) is 18.6 Å². The predicted octanol–water partition coefficient (Wildman–Crippen LogP) is 3.33. The minimum Gasteiger partial charge on any atom is -0.309 e. The highest BCUT2D eigenvalue weighted by atomic mass is 19.1. The summed E-state index contributed by atoms with van der Waals surface area (Å²) in [5.74, 6) is -0.126. The maximum Gasteiger partial charge on any atom is 0.126 e. The van der Waals surface area contributed by atoms with Gasteiger partial charge < -0.3 is 10.6 Å². The quantitative estimate of drug-likeness (QED) is 0.900. The number of nitrogens with one attached hydrogen (secondary N) is 2. The van der Waals surface area contributed by atoms with Crippen molar-refractivity contribution in [2.75, 3.05) is 6.54 Å². The fraction of sp³-hybridized carbons (Fsp3) is 0.333. The van der Waals surface area contributed by atoms with Gasteiger partial charge in [0, 0.05) is 18.6 Å². The van der Waals surface area contributed by atoms with Gasteiger partial charge in [-0.2, -0.15) is 0 Å². The molecule has 2 N–H and O–H groups in total. The number of hydrogen-bond donors (Lipinski definition) is 2. The molecule has 1 aliphatic rings. The zero-order valence-corrected chi connectivity index (χ0v) is 12.3. The van der Waals surface area contributed by atoms with Gasteiger partial charge in [-0.25, -0.2) is 4.39 Å². The molecule has 1 heterocycles. The summed E-state index contributed by atoms with van der Waals surface area (Å²) >= 11 is 0. The van der Waals surface area contributed by atoms with Crippen molar-refractivity contribution in [3.05, 3.63) is 71.0 Å². The molecule has 0 spiro atoms. The Kier molecular flexibility index (Phi) is 4.32. The first kappa shape index (κ1) is 14.2. The smallest absolute Gasteiger partial charge is 0.126 e. The van der Waals surface area contributed by atoms with Crippen LogP contribution in [0.4, 0.5) is 4.39 Å². The maximum atomic E-state index is 13.6. The van der Waals surface area contributed by atoms with E-state index in [0.717, 1.165) is 24.1 Å². The average Bonchev–Trinajstić information content (AvgIpc) is 2.98.